The monoisotopic (exact) mass is 314 g/mol. The molecule has 0 aromatic heterocycles. The number of hydrogen-bond donors (Lipinski definition) is 2. The van der Waals surface area contributed by atoms with Gasteiger partial charge in [-0.3, -0.25) is 4.72 Å². The molecule has 1 rings (SSSR count). The van der Waals surface area contributed by atoms with Gasteiger partial charge in [0.15, 0.2) is 0 Å². The minimum atomic E-state index is -3.39. The van der Waals surface area contributed by atoms with Gasteiger partial charge in [0.25, 0.3) is 0 Å². The molecule has 0 heterocycles. The Hall–Kier alpha value is -1.27. The second-order valence-corrected chi connectivity index (χ2v) is 7.49. The smallest absolute Gasteiger partial charge is 0.236 e. The molecule has 1 aromatic carbocycles. The normalized spacial score (nSPS) is 13.2. The van der Waals surface area contributed by atoms with Crippen LogP contribution in [-0.4, -0.2) is 32.9 Å². The standard InChI is InChI=1S/C15H26N2O3S/c1-5-10-20-15-8-6-14(7-9-15)17-21(18,19)13(4)11-16-12(2)3/h6-9,12-13,16-17H,5,10-11H2,1-4H3. The zero-order valence-corrected chi connectivity index (χ0v) is 14.0. The Morgan fingerprint density at radius 1 is 1.14 bits per heavy atom. The number of benzene rings is 1. The molecule has 1 unspecified atom stereocenters. The van der Waals surface area contributed by atoms with Crippen molar-refractivity contribution < 1.29 is 13.2 Å². The lowest BCUT2D eigenvalue weighted by Crippen LogP contribution is -2.37. The highest BCUT2D eigenvalue weighted by Crippen LogP contribution is 2.18. The highest BCUT2D eigenvalue weighted by atomic mass is 32.2. The van der Waals surface area contributed by atoms with Crippen molar-refractivity contribution in [2.75, 3.05) is 17.9 Å². The lowest BCUT2D eigenvalue weighted by Gasteiger charge is -2.17. The molecule has 0 aliphatic carbocycles. The summed E-state index contributed by atoms with van der Waals surface area (Å²) < 4.78 is 32.4. The van der Waals surface area contributed by atoms with Crippen LogP contribution in [0.3, 0.4) is 0 Å². The van der Waals surface area contributed by atoms with Gasteiger partial charge < -0.3 is 10.1 Å². The van der Waals surface area contributed by atoms with E-state index in [9.17, 15) is 8.42 Å². The van der Waals surface area contributed by atoms with Crippen LogP contribution in [0.1, 0.15) is 34.1 Å². The first-order chi connectivity index (χ1) is 9.85. The molecular formula is C15H26N2O3S. The van der Waals surface area contributed by atoms with Gasteiger partial charge in [0.1, 0.15) is 5.75 Å². The molecule has 1 atom stereocenters. The van der Waals surface area contributed by atoms with E-state index in [2.05, 4.69) is 10.0 Å². The first-order valence-corrected chi connectivity index (χ1v) is 8.87. The molecule has 120 valence electrons. The van der Waals surface area contributed by atoms with Crippen LogP contribution < -0.4 is 14.8 Å². The molecule has 0 spiro atoms. The van der Waals surface area contributed by atoms with Gasteiger partial charge in [0.2, 0.25) is 10.0 Å². The lowest BCUT2D eigenvalue weighted by atomic mass is 10.3. The van der Waals surface area contributed by atoms with Gasteiger partial charge in [-0.25, -0.2) is 8.42 Å². The molecule has 1 aromatic rings. The van der Waals surface area contributed by atoms with Gasteiger partial charge in [-0.1, -0.05) is 20.8 Å². The van der Waals surface area contributed by atoms with Crippen LogP contribution >= 0.6 is 0 Å². The van der Waals surface area contributed by atoms with E-state index in [-0.39, 0.29) is 6.04 Å². The summed E-state index contributed by atoms with van der Waals surface area (Å²) in [4.78, 5) is 0. The summed E-state index contributed by atoms with van der Waals surface area (Å²) in [7, 11) is -3.39. The second-order valence-electron chi connectivity index (χ2n) is 5.39. The topological polar surface area (TPSA) is 67.4 Å². The molecule has 0 aliphatic rings. The average Bonchev–Trinajstić information content (AvgIpc) is 2.43. The van der Waals surface area contributed by atoms with E-state index in [0.29, 0.717) is 18.8 Å². The summed E-state index contributed by atoms with van der Waals surface area (Å²) in [5.74, 6) is 0.745. The molecule has 0 radical (unpaired) electrons. The molecule has 0 saturated heterocycles. The van der Waals surface area contributed by atoms with Gasteiger partial charge in [-0.15, -0.1) is 0 Å². The first-order valence-electron chi connectivity index (χ1n) is 7.33. The Kier molecular flexibility index (Phi) is 6.98. The predicted molar refractivity (Wildman–Crippen MR) is 87.4 cm³/mol. The maximum absolute atomic E-state index is 12.2. The average molecular weight is 314 g/mol. The predicted octanol–water partition coefficient (Wildman–Crippen LogP) is 2.60. The van der Waals surface area contributed by atoms with Crippen molar-refractivity contribution in [1.29, 1.82) is 0 Å². The Labute approximate surface area is 128 Å². The number of rotatable bonds is 9. The summed E-state index contributed by atoms with van der Waals surface area (Å²) in [5, 5.41) is 2.63. The molecule has 6 heteroatoms. The molecule has 0 bridgehead atoms. The van der Waals surface area contributed by atoms with Crippen LogP contribution in [0.5, 0.6) is 5.75 Å². The van der Waals surface area contributed by atoms with Crippen LogP contribution in [-0.2, 0) is 10.0 Å². The van der Waals surface area contributed by atoms with Gasteiger partial charge in [0.05, 0.1) is 11.9 Å². The number of hydrogen-bond acceptors (Lipinski definition) is 4. The maximum Gasteiger partial charge on any atom is 0.236 e. The fraction of sp³-hybridized carbons (Fsp3) is 0.600. The summed E-state index contributed by atoms with van der Waals surface area (Å²) in [6, 6.07) is 7.23. The van der Waals surface area contributed by atoms with Crippen molar-refractivity contribution in [3.63, 3.8) is 0 Å². The zero-order chi connectivity index (χ0) is 15.9. The van der Waals surface area contributed by atoms with Crippen molar-refractivity contribution in [2.24, 2.45) is 0 Å². The molecule has 0 fully saturated rings. The van der Waals surface area contributed by atoms with Gasteiger partial charge in [-0.05, 0) is 37.6 Å². The first kappa shape index (κ1) is 17.8. The molecule has 0 saturated carbocycles. The van der Waals surface area contributed by atoms with Gasteiger partial charge >= 0.3 is 0 Å². The molecule has 2 N–H and O–H groups in total. The second kappa shape index (κ2) is 8.24. The Morgan fingerprint density at radius 3 is 2.29 bits per heavy atom. The minimum absolute atomic E-state index is 0.262. The number of nitrogens with one attached hydrogen (secondary N) is 2. The van der Waals surface area contributed by atoms with Crippen molar-refractivity contribution in [2.45, 2.75) is 45.4 Å². The van der Waals surface area contributed by atoms with E-state index in [0.717, 1.165) is 12.2 Å². The number of ether oxygens (including phenoxy) is 1. The van der Waals surface area contributed by atoms with Crippen molar-refractivity contribution in [1.82, 2.24) is 5.32 Å². The number of anilines is 1. The minimum Gasteiger partial charge on any atom is -0.494 e. The van der Waals surface area contributed by atoms with E-state index in [1.54, 1.807) is 31.2 Å². The SMILES string of the molecule is CCCOc1ccc(NS(=O)(=O)C(C)CNC(C)C)cc1. The quantitative estimate of drug-likeness (QED) is 0.735. The van der Waals surface area contributed by atoms with Crippen LogP contribution in [0.25, 0.3) is 0 Å². The third-order valence-corrected chi connectivity index (χ3v) is 4.68. The molecule has 0 amide bonds. The van der Waals surface area contributed by atoms with E-state index in [1.165, 1.54) is 0 Å². The molecule has 5 nitrogen and oxygen atoms in total. The van der Waals surface area contributed by atoms with E-state index >= 15 is 0 Å². The summed E-state index contributed by atoms with van der Waals surface area (Å²) in [5.41, 5.74) is 0.551. The highest BCUT2D eigenvalue weighted by molar-refractivity contribution is 7.93. The van der Waals surface area contributed by atoms with Crippen molar-refractivity contribution >= 4 is 15.7 Å². The van der Waals surface area contributed by atoms with Gasteiger partial charge in [-0.2, -0.15) is 0 Å². The molecule has 0 aliphatic heterocycles. The summed E-state index contributed by atoms with van der Waals surface area (Å²) >= 11 is 0. The van der Waals surface area contributed by atoms with Crippen molar-refractivity contribution in [3.8, 4) is 5.75 Å². The van der Waals surface area contributed by atoms with E-state index < -0.39 is 15.3 Å². The van der Waals surface area contributed by atoms with Crippen LogP contribution in [0.15, 0.2) is 24.3 Å². The Balaban J connectivity index is 2.62. The molecule has 21 heavy (non-hydrogen) atoms. The number of sulfonamides is 1. The Morgan fingerprint density at radius 2 is 1.76 bits per heavy atom. The van der Waals surface area contributed by atoms with Crippen LogP contribution in [0.2, 0.25) is 0 Å². The van der Waals surface area contributed by atoms with Crippen molar-refractivity contribution in [3.05, 3.63) is 24.3 Å². The van der Waals surface area contributed by atoms with Crippen LogP contribution in [0.4, 0.5) is 5.69 Å². The van der Waals surface area contributed by atoms with E-state index in [4.69, 9.17) is 4.74 Å². The highest BCUT2D eigenvalue weighted by Gasteiger charge is 2.20. The maximum atomic E-state index is 12.2. The van der Waals surface area contributed by atoms with Gasteiger partial charge in [0, 0.05) is 18.3 Å². The summed E-state index contributed by atoms with van der Waals surface area (Å²) in [6.45, 7) is 8.78. The third kappa shape index (κ3) is 6.35. The van der Waals surface area contributed by atoms with Crippen LogP contribution in [0, 0.1) is 0 Å². The fourth-order valence-corrected chi connectivity index (χ4v) is 2.60. The third-order valence-electron chi connectivity index (χ3n) is 2.93. The molecular weight excluding hydrogens is 288 g/mol. The lowest BCUT2D eigenvalue weighted by molar-refractivity contribution is 0.317. The van der Waals surface area contributed by atoms with E-state index in [1.807, 2.05) is 20.8 Å². The zero-order valence-electron chi connectivity index (χ0n) is 13.2. The summed E-state index contributed by atoms with van der Waals surface area (Å²) in [6.07, 6.45) is 0.939. The fourth-order valence-electron chi connectivity index (χ4n) is 1.62. The Bertz CT molecular complexity index is 512. The largest absolute Gasteiger partial charge is 0.494 e.